The second-order valence-corrected chi connectivity index (χ2v) is 8.46. The van der Waals surface area contributed by atoms with Gasteiger partial charge in [-0.3, -0.25) is 9.45 Å². The third-order valence-corrected chi connectivity index (χ3v) is 5.51. The topological polar surface area (TPSA) is 164 Å². The Bertz CT molecular complexity index is 1120. The fraction of sp³-hybridized carbons (Fsp3) is 0.350. The highest BCUT2D eigenvalue weighted by atomic mass is 32.2. The quantitative estimate of drug-likeness (QED) is 0.331. The Kier molecular flexibility index (Phi) is 7.03. The molecule has 13 heteroatoms. The molecule has 0 aliphatic carbocycles. The summed E-state index contributed by atoms with van der Waals surface area (Å²) >= 11 is -1.98. The van der Waals surface area contributed by atoms with Crippen molar-refractivity contribution in [1.29, 1.82) is 0 Å². The molecule has 1 unspecified atom stereocenters. The van der Waals surface area contributed by atoms with Gasteiger partial charge in [0.05, 0.1) is 24.6 Å². The molecule has 1 fully saturated rings. The molecule has 0 aromatic carbocycles. The van der Waals surface area contributed by atoms with Crippen LogP contribution in [0, 0.1) is 12.8 Å². The van der Waals surface area contributed by atoms with Gasteiger partial charge in [-0.2, -0.15) is 9.97 Å². The lowest BCUT2D eigenvalue weighted by Crippen LogP contribution is -2.50. The van der Waals surface area contributed by atoms with E-state index in [0.717, 1.165) is 24.3 Å². The van der Waals surface area contributed by atoms with Crippen molar-refractivity contribution in [2.24, 2.45) is 5.92 Å². The zero-order valence-electron chi connectivity index (χ0n) is 18.2. The monoisotopic (exact) mass is 471 g/mol. The third kappa shape index (κ3) is 5.96. The minimum atomic E-state index is -1.98. The van der Waals surface area contributed by atoms with Crippen LogP contribution >= 0.6 is 0 Å². The smallest absolute Gasteiger partial charge is 0.231 e. The van der Waals surface area contributed by atoms with Crippen LogP contribution in [-0.4, -0.2) is 65.3 Å². The summed E-state index contributed by atoms with van der Waals surface area (Å²) in [4.78, 5) is 23.9. The number of hydrogen-bond acceptors (Lipinski definition) is 10. The van der Waals surface area contributed by atoms with Gasteiger partial charge in [-0.15, -0.1) is 0 Å². The number of nitrogens with two attached hydrogens (primary N) is 1. The minimum absolute atomic E-state index is 0.138. The molecule has 1 saturated heterocycles. The van der Waals surface area contributed by atoms with Crippen LogP contribution in [0.2, 0.25) is 0 Å². The van der Waals surface area contributed by atoms with E-state index in [1.165, 1.54) is 0 Å². The van der Waals surface area contributed by atoms with Crippen LogP contribution in [0.15, 0.2) is 30.6 Å². The van der Waals surface area contributed by atoms with Gasteiger partial charge in [0, 0.05) is 38.4 Å². The molecule has 0 spiro atoms. The number of nitrogens with one attached hydrogen (secondary N) is 2. The maximum atomic E-state index is 10.8. The van der Waals surface area contributed by atoms with E-state index in [-0.39, 0.29) is 5.95 Å². The van der Waals surface area contributed by atoms with Gasteiger partial charge in [0.15, 0.2) is 5.82 Å². The summed E-state index contributed by atoms with van der Waals surface area (Å²) in [5.74, 6) is 2.49. The highest BCUT2D eigenvalue weighted by Gasteiger charge is 2.27. The molecule has 4 heterocycles. The van der Waals surface area contributed by atoms with Crippen LogP contribution in [0.25, 0.3) is 11.4 Å². The number of likely N-dealkylation sites (tertiary alicyclic amines) is 1. The molecule has 5 N–H and O–H groups in total. The molecule has 0 saturated carbocycles. The highest BCUT2D eigenvalue weighted by Crippen LogP contribution is 2.29. The lowest BCUT2D eigenvalue weighted by Gasteiger charge is -2.39. The van der Waals surface area contributed by atoms with Crippen LogP contribution < -0.4 is 20.5 Å². The van der Waals surface area contributed by atoms with Gasteiger partial charge in [0.1, 0.15) is 11.6 Å². The molecule has 1 atom stereocenters. The number of nitrogens with zero attached hydrogens (tertiary/aromatic N) is 6. The average Bonchev–Trinajstić information content (AvgIpc) is 2.75. The van der Waals surface area contributed by atoms with E-state index in [1.54, 1.807) is 32.5 Å². The summed E-state index contributed by atoms with van der Waals surface area (Å²) in [5.41, 5.74) is 8.27. The lowest BCUT2D eigenvalue weighted by atomic mass is 9.99. The Morgan fingerprint density at radius 3 is 2.73 bits per heavy atom. The molecule has 174 valence electrons. The van der Waals surface area contributed by atoms with Gasteiger partial charge in [-0.1, -0.05) is 0 Å². The Morgan fingerprint density at radius 1 is 1.24 bits per heavy atom. The van der Waals surface area contributed by atoms with Crippen LogP contribution in [0.1, 0.15) is 11.4 Å². The van der Waals surface area contributed by atoms with Gasteiger partial charge in [-0.05, 0) is 30.5 Å². The van der Waals surface area contributed by atoms with Crippen molar-refractivity contribution < 1.29 is 13.5 Å². The number of rotatable bonds is 9. The van der Waals surface area contributed by atoms with E-state index in [2.05, 4.69) is 39.9 Å². The zero-order valence-corrected chi connectivity index (χ0v) is 19.0. The Morgan fingerprint density at radius 2 is 2.06 bits per heavy atom. The van der Waals surface area contributed by atoms with E-state index >= 15 is 0 Å². The zero-order chi connectivity index (χ0) is 23.4. The fourth-order valence-corrected chi connectivity index (χ4v) is 3.96. The Balaban J connectivity index is 1.55. The molecule has 0 bridgehead atoms. The first-order valence-electron chi connectivity index (χ1n) is 10.2. The predicted octanol–water partition coefficient (Wildman–Crippen LogP) is 1.13. The fourth-order valence-electron chi connectivity index (χ4n) is 3.58. The van der Waals surface area contributed by atoms with E-state index < -0.39 is 11.3 Å². The van der Waals surface area contributed by atoms with Crippen LogP contribution in [0.3, 0.4) is 0 Å². The van der Waals surface area contributed by atoms with Gasteiger partial charge in [0.2, 0.25) is 23.1 Å². The SMILES string of the molecule is COc1ccc(Nc2ncc(CN3CC(CNS(=O)O)C3)cc2-c2nc(C)nc(N)n2)cn1. The second-order valence-electron chi connectivity index (χ2n) is 7.68. The van der Waals surface area contributed by atoms with Gasteiger partial charge >= 0.3 is 0 Å². The van der Waals surface area contributed by atoms with E-state index in [1.807, 2.05) is 12.1 Å². The first-order chi connectivity index (χ1) is 15.9. The van der Waals surface area contributed by atoms with Crippen molar-refractivity contribution in [1.82, 2.24) is 34.5 Å². The maximum absolute atomic E-state index is 10.8. The number of methoxy groups -OCH3 is 1. The van der Waals surface area contributed by atoms with Crippen molar-refractivity contribution in [3.8, 4) is 17.3 Å². The summed E-state index contributed by atoms with van der Waals surface area (Å²) in [6.45, 7) is 4.60. The first-order valence-corrected chi connectivity index (χ1v) is 11.3. The number of hydrogen-bond donors (Lipinski definition) is 4. The average molecular weight is 472 g/mol. The molecular formula is C20H25N9O3S. The molecule has 1 aliphatic rings. The first kappa shape index (κ1) is 22.9. The largest absolute Gasteiger partial charge is 0.481 e. The molecule has 4 rings (SSSR count). The number of ether oxygens (including phenoxy) is 1. The number of aromatic nitrogens is 5. The molecule has 1 aliphatic heterocycles. The standard InChI is InChI=1S/C20H25N9O3S/c1-12-25-19(28-20(21)26-12)16-5-13(9-29-10-14(11-29)7-24-33(30)31)6-23-18(16)27-15-3-4-17(32-2)22-8-15/h3-6,8,14,24H,7,9-11H2,1-2H3,(H,23,27)(H,30,31)(H2,21,25,26,28). The van der Waals surface area contributed by atoms with Crippen molar-refractivity contribution >= 4 is 28.7 Å². The van der Waals surface area contributed by atoms with Crippen molar-refractivity contribution in [2.45, 2.75) is 13.5 Å². The highest BCUT2D eigenvalue weighted by molar-refractivity contribution is 7.77. The van der Waals surface area contributed by atoms with Crippen LogP contribution in [-0.2, 0) is 17.8 Å². The summed E-state index contributed by atoms with van der Waals surface area (Å²) in [6.07, 6.45) is 3.45. The van der Waals surface area contributed by atoms with Crippen molar-refractivity contribution in [3.05, 3.63) is 42.0 Å². The van der Waals surface area contributed by atoms with Crippen LogP contribution in [0.4, 0.5) is 17.5 Å². The number of nitrogen functional groups attached to an aromatic ring is 1. The molecule has 0 radical (unpaired) electrons. The molecule has 3 aromatic rings. The van der Waals surface area contributed by atoms with Gasteiger partial charge < -0.3 is 15.8 Å². The van der Waals surface area contributed by atoms with Gasteiger partial charge in [-0.25, -0.2) is 23.9 Å². The number of anilines is 3. The summed E-state index contributed by atoms with van der Waals surface area (Å²) in [6, 6.07) is 5.57. The third-order valence-electron chi connectivity index (χ3n) is 5.09. The predicted molar refractivity (Wildman–Crippen MR) is 124 cm³/mol. The van der Waals surface area contributed by atoms with Crippen molar-refractivity contribution in [2.75, 3.05) is 37.8 Å². The summed E-state index contributed by atoms with van der Waals surface area (Å²) in [5, 5.41) is 3.26. The lowest BCUT2D eigenvalue weighted by molar-refractivity contribution is 0.0953. The van der Waals surface area contributed by atoms with Crippen LogP contribution in [0.5, 0.6) is 5.88 Å². The van der Waals surface area contributed by atoms with Gasteiger partial charge in [0.25, 0.3) is 0 Å². The summed E-state index contributed by atoms with van der Waals surface area (Å²) in [7, 11) is 1.56. The van der Waals surface area contributed by atoms with E-state index in [4.69, 9.17) is 15.0 Å². The Labute approximate surface area is 193 Å². The molecular weight excluding hydrogens is 446 g/mol. The Hall–Kier alpha value is -3.26. The molecule has 12 nitrogen and oxygen atoms in total. The number of pyridine rings is 2. The molecule has 0 amide bonds. The van der Waals surface area contributed by atoms with E-state index in [9.17, 15) is 4.21 Å². The summed E-state index contributed by atoms with van der Waals surface area (Å²) < 4.78 is 27.3. The maximum Gasteiger partial charge on any atom is 0.231 e. The van der Waals surface area contributed by atoms with E-state index in [0.29, 0.717) is 47.9 Å². The van der Waals surface area contributed by atoms with Crippen molar-refractivity contribution in [3.63, 3.8) is 0 Å². The minimum Gasteiger partial charge on any atom is -0.481 e. The molecule has 3 aromatic heterocycles. The number of aryl methyl sites for hydroxylation is 1. The normalized spacial score (nSPS) is 15.1. The molecule has 33 heavy (non-hydrogen) atoms. The second kappa shape index (κ2) is 10.1.